The summed E-state index contributed by atoms with van der Waals surface area (Å²) in [5.41, 5.74) is 6.12. The van der Waals surface area contributed by atoms with Crippen LogP contribution in [-0.4, -0.2) is 17.9 Å². The highest BCUT2D eigenvalue weighted by atomic mass is 32.1. The highest BCUT2D eigenvalue weighted by Gasteiger charge is 2.12. The van der Waals surface area contributed by atoms with Crippen LogP contribution in [0.4, 0.5) is 17.2 Å². The van der Waals surface area contributed by atoms with Gasteiger partial charge in [-0.2, -0.15) is 5.10 Å². The van der Waals surface area contributed by atoms with Crippen LogP contribution >= 0.6 is 11.3 Å². The fourth-order valence-electron chi connectivity index (χ4n) is 3.03. The molecular formula is C19H19N7S. The second-order valence-corrected chi connectivity index (χ2v) is 6.85. The van der Waals surface area contributed by atoms with E-state index in [0.717, 1.165) is 39.0 Å². The van der Waals surface area contributed by atoms with Gasteiger partial charge in [-0.1, -0.05) is 18.2 Å². The largest absolute Gasteiger partial charge is 0.388 e. The Bertz CT molecular complexity index is 1150. The van der Waals surface area contributed by atoms with Gasteiger partial charge < -0.3 is 21.9 Å². The number of hydrazone groups is 1. The number of nitrogens with one attached hydrogen (secondary N) is 3. The van der Waals surface area contributed by atoms with E-state index >= 15 is 0 Å². The van der Waals surface area contributed by atoms with Crippen molar-refractivity contribution in [2.45, 2.75) is 0 Å². The van der Waals surface area contributed by atoms with Gasteiger partial charge in [-0.3, -0.25) is 0 Å². The zero-order chi connectivity index (χ0) is 18.8. The van der Waals surface area contributed by atoms with Gasteiger partial charge in [-0.05, 0) is 35.7 Å². The maximum absolute atomic E-state index is 5.50. The van der Waals surface area contributed by atoms with Crippen LogP contribution in [0.1, 0.15) is 5.56 Å². The number of benzene rings is 2. The maximum Gasteiger partial charge on any atom is 0.166 e. The lowest BCUT2D eigenvalue weighted by Gasteiger charge is -2.11. The van der Waals surface area contributed by atoms with Crippen LogP contribution in [0.5, 0.6) is 0 Å². The number of hydrogen-bond acceptors (Lipinski definition) is 7. The predicted octanol–water partition coefficient (Wildman–Crippen LogP) is 3.32. The van der Waals surface area contributed by atoms with E-state index < -0.39 is 0 Å². The molecule has 4 aromatic rings. The van der Waals surface area contributed by atoms with Crippen molar-refractivity contribution in [1.82, 2.24) is 10.4 Å². The lowest BCUT2D eigenvalue weighted by atomic mass is 10.1. The normalized spacial score (nSPS) is 11.7. The fraction of sp³-hybridized carbons (Fsp3) is 0.0526. The molecule has 0 saturated heterocycles. The molecule has 7 N–H and O–H groups in total. The number of anilines is 3. The summed E-state index contributed by atoms with van der Waals surface area (Å²) in [4.78, 5) is 4.85. The van der Waals surface area contributed by atoms with Crippen molar-refractivity contribution >= 4 is 55.4 Å². The van der Waals surface area contributed by atoms with Crippen molar-refractivity contribution < 1.29 is 0 Å². The molecule has 8 heteroatoms. The number of hydrogen-bond donors (Lipinski definition) is 5. The number of thiophene rings is 1. The Labute approximate surface area is 160 Å². The molecule has 0 aliphatic rings. The zero-order valence-corrected chi connectivity index (χ0v) is 15.5. The summed E-state index contributed by atoms with van der Waals surface area (Å²) >= 11 is 1.69. The molecule has 0 spiro atoms. The van der Waals surface area contributed by atoms with Gasteiger partial charge in [0.05, 0.1) is 5.52 Å². The molecule has 0 aliphatic heterocycles. The Morgan fingerprint density at radius 1 is 1.07 bits per heavy atom. The van der Waals surface area contributed by atoms with Crippen molar-refractivity contribution in [3.8, 4) is 0 Å². The number of rotatable bonds is 4. The van der Waals surface area contributed by atoms with Crippen LogP contribution in [0.2, 0.25) is 0 Å². The first-order valence-corrected chi connectivity index (χ1v) is 9.22. The number of pyridine rings is 1. The van der Waals surface area contributed by atoms with Crippen LogP contribution in [-0.2, 0) is 0 Å². The molecule has 0 bridgehead atoms. The molecule has 136 valence electrons. The van der Waals surface area contributed by atoms with Crippen molar-refractivity contribution in [2.75, 3.05) is 17.7 Å². The smallest absolute Gasteiger partial charge is 0.166 e. The number of hydrazine groups is 1. The van der Waals surface area contributed by atoms with Crippen LogP contribution in [0.3, 0.4) is 0 Å². The monoisotopic (exact) mass is 377 g/mol. The number of fused-ring (bicyclic) bond motifs is 3. The van der Waals surface area contributed by atoms with Gasteiger partial charge >= 0.3 is 0 Å². The van der Waals surface area contributed by atoms with Crippen molar-refractivity contribution in [1.29, 1.82) is 0 Å². The summed E-state index contributed by atoms with van der Waals surface area (Å²) in [5.74, 6) is 12.1. The molecular weight excluding hydrogens is 358 g/mol. The lowest BCUT2D eigenvalue weighted by molar-refractivity contribution is 1.00. The minimum atomic E-state index is 0.404. The third-order valence-corrected chi connectivity index (χ3v) is 5.30. The van der Waals surface area contributed by atoms with E-state index in [2.05, 4.69) is 32.6 Å². The summed E-state index contributed by atoms with van der Waals surface area (Å²) in [6.07, 6.45) is 0. The van der Waals surface area contributed by atoms with Gasteiger partial charge in [0.25, 0.3) is 0 Å². The third kappa shape index (κ3) is 3.12. The minimum absolute atomic E-state index is 0.404. The molecule has 0 saturated carbocycles. The van der Waals surface area contributed by atoms with E-state index in [1.54, 1.807) is 11.3 Å². The van der Waals surface area contributed by atoms with Gasteiger partial charge in [0.15, 0.2) is 5.84 Å². The molecule has 0 unspecified atom stereocenters. The number of aromatic nitrogens is 1. The first-order chi connectivity index (χ1) is 13.2. The van der Waals surface area contributed by atoms with Gasteiger partial charge in [-0.25, -0.2) is 10.8 Å². The molecule has 2 aromatic carbocycles. The molecule has 4 rings (SSSR count). The number of amidine groups is 1. The Kier molecular flexibility index (Phi) is 4.49. The second-order valence-electron chi connectivity index (χ2n) is 5.93. The van der Waals surface area contributed by atoms with Gasteiger partial charge in [0, 0.05) is 39.5 Å². The van der Waals surface area contributed by atoms with E-state index in [1.165, 1.54) is 4.70 Å². The van der Waals surface area contributed by atoms with E-state index in [1.807, 2.05) is 49.5 Å². The Hall–Kier alpha value is -3.36. The zero-order valence-electron chi connectivity index (χ0n) is 14.7. The second kappa shape index (κ2) is 7.10. The summed E-state index contributed by atoms with van der Waals surface area (Å²) in [6, 6.07) is 16.0. The summed E-state index contributed by atoms with van der Waals surface area (Å²) in [6.45, 7) is 0. The highest BCUT2D eigenvalue weighted by Crippen LogP contribution is 2.35. The SMILES string of the molecule is CNc1cccc(Nc2nc3cc(C(=NN)NN)ccc3c3sccc23)c1. The summed E-state index contributed by atoms with van der Waals surface area (Å²) in [5, 5.41) is 14.5. The molecule has 0 radical (unpaired) electrons. The van der Waals surface area contributed by atoms with E-state index in [-0.39, 0.29) is 0 Å². The minimum Gasteiger partial charge on any atom is -0.388 e. The standard InChI is InChI=1S/C19H19N7S/c1-22-12-3-2-4-13(10-12)23-19-15-7-8-27-17(15)14-6-5-11(9-16(14)24-19)18(25-20)26-21/h2-10,22H,20-21H2,1H3,(H,23,24)(H,25,26). The van der Waals surface area contributed by atoms with Crippen LogP contribution in [0.25, 0.3) is 21.0 Å². The molecule has 27 heavy (non-hydrogen) atoms. The van der Waals surface area contributed by atoms with E-state index in [4.69, 9.17) is 16.7 Å². The Morgan fingerprint density at radius 3 is 2.70 bits per heavy atom. The molecule has 0 aliphatic carbocycles. The number of nitrogens with two attached hydrogens (primary N) is 2. The predicted molar refractivity (Wildman–Crippen MR) is 114 cm³/mol. The van der Waals surface area contributed by atoms with Crippen molar-refractivity contribution in [3.05, 3.63) is 59.5 Å². The first-order valence-electron chi connectivity index (χ1n) is 8.34. The Morgan fingerprint density at radius 2 is 1.93 bits per heavy atom. The molecule has 2 heterocycles. The highest BCUT2D eigenvalue weighted by molar-refractivity contribution is 7.18. The van der Waals surface area contributed by atoms with Gasteiger partial charge in [0.1, 0.15) is 5.82 Å². The van der Waals surface area contributed by atoms with Crippen LogP contribution in [0.15, 0.2) is 59.0 Å². The topological polar surface area (TPSA) is 113 Å². The molecule has 2 aromatic heterocycles. The first kappa shape index (κ1) is 17.1. The maximum atomic E-state index is 5.50. The van der Waals surface area contributed by atoms with Crippen molar-refractivity contribution in [3.63, 3.8) is 0 Å². The van der Waals surface area contributed by atoms with Crippen LogP contribution in [0, 0.1) is 0 Å². The Balaban J connectivity index is 1.86. The van der Waals surface area contributed by atoms with Gasteiger partial charge in [0.2, 0.25) is 0 Å². The van der Waals surface area contributed by atoms with Crippen LogP contribution < -0.4 is 27.7 Å². The quantitative estimate of drug-likeness (QED) is 0.161. The summed E-state index contributed by atoms with van der Waals surface area (Å²) < 4.78 is 1.17. The van der Waals surface area contributed by atoms with Crippen molar-refractivity contribution in [2.24, 2.45) is 16.8 Å². The average molecular weight is 377 g/mol. The molecule has 0 amide bonds. The average Bonchev–Trinajstić information content (AvgIpc) is 3.19. The van der Waals surface area contributed by atoms with Gasteiger partial charge in [-0.15, -0.1) is 11.3 Å². The lowest BCUT2D eigenvalue weighted by Crippen LogP contribution is -2.32. The number of nitrogens with zero attached hydrogens (tertiary/aromatic N) is 2. The molecule has 0 atom stereocenters. The van der Waals surface area contributed by atoms with E-state index in [0.29, 0.717) is 5.84 Å². The summed E-state index contributed by atoms with van der Waals surface area (Å²) in [7, 11) is 1.90. The fourth-order valence-corrected chi connectivity index (χ4v) is 3.96. The molecule has 0 fully saturated rings. The third-order valence-electron chi connectivity index (χ3n) is 4.35. The molecule has 7 nitrogen and oxygen atoms in total. The van der Waals surface area contributed by atoms with E-state index in [9.17, 15) is 0 Å².